The summed E-state index contributed by atoms with van der Waals surface area (Å²) >= 11 is 3.03. The van der Waals surface area contributed by atoms with Gasteiger partial charge in [0.1, 0.15) is 0 Å². The predicted molar refractivity (Wildman–Crippen MR) is 124 cm³/mol. The second-order valence-corrected chi connectivity index (χ2v) is 9.76. The molecule has 0 unspecified atom stereocenters. The Labute approximate surface area is 182 Å². The van der Waals surface area contributed by atoms with Crippen LogP contribution in [-0.4, -0.2) is 27.1 Å². The van der Waals surface area contributed by atoms with Gasteiger partial charge in [0.05, 0.1) is 21.5 Å². The van der Waals surface area contributed by atoms with Crippen LogP contribution in [0.25, 0.3) is 21.1 Å². The number of thiazole rings is 1. The van der Waals surface area contributed by atoms with Crippen LogP contribution in [0.2, 0.25) is 0 Å². The van der Waals surface area contributed by atoms with Crippen LogP contribution in [0.3, 0.4) is 0 Å². The minimum Gasteiger partial charge on any atom is -0.326 e. The van der Waals surface area contributed by atoms with E-state index in [1.807, 2.05) is 28.8 Å². The SMILES string of the molecule is CC(=O)Nc1ccc2nc(SCC(=O)n3c4c(c5ccccc53)CCCC4)sc2c1. The Morgan fingerprint density at radius 3 is 2.87 bits per heavy atom. The Hall–Kier alpha value is -2.64. The lowest BCUT2D eigenvalue weighted by Gasteiger charge is -2.14. The van der Waals surface area contributed by atoms with Crippen LogP contribution >= 0.6 is 23.1 Å². The van der Waals surface area contributed by atoms with Crippen molar-refractivity contribution >= 4 is 61.7 Å². The van der Waals surface area contributed by atoms with E-state index in [-0.39, 0.29) is 11.8 Å². The fourth-order valence-corrected chi connectivity index (χ4v) is 6.17. The molecule has 0 saturated heterocycles. The third-order valence-electron chi connectivity index (χ3n) is 5.44. The molecule has 2 aromatic carbocycles. The summed E-state index contributed by atoms with van der Waals surface area (Å²) in [5, 5.41) is 4.02. The lowest BCUT2D eigenvalue weighted by Crippen LogP contribution is -2.18. The van der Waals surface area contributed by atoms with Gasteiger partial charge in [-0.3, -0.25) is 14.2 Å². The van der Waals surface area contributed by atoms with E-state index in [1.165, 1.54) is 41.8 Å². The Morgan fingerprint density at radius 1 is 1.17 bits per heavy atom. The number of aromatic nitrogens is 2. The van der Waals surface area contributed by atoms with Gasteiger partial charge in [-0.15, -0.1) is 11.3 Å². The molecule has 30 heavy (non-hydrogen) atoms. The first-order valence-electron chi connectivity index (χ1n) is 10.1. The zero-order valence-electron chi connectivity index (χ0n) is 16.6. The Kier molecular flexibility index (Phi) is 5.08. The summed E-state index contributed by atoms with van der Waals surface area (Å²) < 4.78 is 3.81. The quantitative estimate of drug-likeness (QED) is 0.429. The highest BCUT2D eigenvalue weighted by Crippen LogP contribution is 2.34. The van der Waals surface area contributed by atoms with Crippen molar-refractivity contribution in [2.45, 2.75) is 36.9 Å². The van der Waals surface area contributed by atoms with Crippen molar-refractivity contribution in [2.24, 2.45) is 0 Å². The smallest absolute Gasteiger partial charge is 0.241 e. The summed E-state index contributed by atoms with van der Waals surface area (Å²) in [5.74, 6) is 0.364. The molecule has 5 rings (SSSR count). The lowest BCUT2D eigenvalue weighted by atomic mass is 9.96. The van der Waals surface area contributed by atoms with Crippen LogP contribution in [0.1, 0.15) is 35.8 Å². The van der Waals surface area contributed by atoms with E-state index in [0.29, 0.717) is 5.75 Å². The second kappa shape index (κ2) is 7.89. The van der Waals surface area contributed by atoms with Crippen LogP contribution in [0.5, 0.6) is 0 Å². The number of amides is 1. The molecule has 0 fully saturated rings. The van der Waals surface area contributed by atoms with Crippen LogP contribution < -0.4 is 5.32 Å². The van der Waals surface area contributed by atoms with Crippen LogP contribution in [0, 0.1) is 0 Å². The van der Waals surface area contributed by atoms with Crippen molar-refractivity contribution in [2.75, 3.05) is 11.1 Å². The molecule has 1 aliphatic carbocycles. The zero-order chi connectivity index (χ0) is 20.7. The summed E-state index contributed by atoms with van der Waals surface area (Å²) in [6.45, 7) is 1.49. The van der Waals surface area contributed by atoms with E-state index in [0.717, 1.165) is 45.0 Å². The van der Waals surface area contributed by atoms with Gasteiger partial charge in [0.15, 0.2) is 4.34 Å². The monoisotopic (exact) mass is 435 g/mol. The number of carbonyl (C=O) groups excluding carboxylic acids is 2. The molecule has 2 aromatic heterocycles. The van der Waals surface area contributed by atoms with E-state index < -0.39 is 0 Å². The molecular weight excluding hydrogens is 414 g/mol. The maximum atomic E-state index is 13.2. The van der Waals surface area contributed by atoms with Crippen molar-refractivity contribution < 1.29 is 9.59 Å². The van der Waals surface area contributed by atoms with Crippen molar-refractivity contribution in [3.8, 4) is 0 Å². The number of anilines is 1. The number of hydrogen-bond donors (Lipinski definition) is 1. The molecule has 1 N–H and O–H groups in total. The summed E-state index contributed by atoms with van der Waals surface area (Å²) in [5.41, 5.74) is 5.21. The normalized spacial score (nSPS) is 13.5. The molecule has 0 aliphatic heterocycles. The van der Waals surface area contributed by atoms with Gasteiger partial charge in [-0.1, -0.05) is 30.0 Å². The van der Waals surface area contributed by atoms with E-state index in [2.05, 4.69) is 28.5 Å². The standard InChI is InChI=1S/C23H21N3O2S2/c1-14(27)24-15-10-11-18-21(12-15)30-23(25-18)29-13-22(28)26-19-8-4-2-6-16(19)17-7-3-5-9-20(17)26/h2,4,6,8,10-12H,3,5,7,9,13H2,1H3,(H,24,27). The predicted octanol–water partition coefficient (Wildman–Crippen LogP) is 5.52. The van der Waals surface area contributed by atoms with Crippen LogP contribution in [-0.2, 0) is 17.6 Å². The third-order valence-corrected chi connectivity index (χ3v) is 7.58. The van der Waals surface area contributed by atoms with Crippen molar-refractivity contribution in [3.63, 3.8) is 0 Å². The average molecular weight is 436 g/mol. The molecule has 0 radical (unpaired) electrons. The molecule has 5 nitrogen and oxygen atoms in total. The van der Waals surface area contributed by atoms with E-state index in [4.69, 9.17) is 0 Å². The largest absolute Gasteiger partial charge is 0.326 e. The van der Waals surface area contributed by atoms with Crippen LogP contribution in [0.15, 0.2) is 46.8 Å². The Bertz CT molecular complexity index is 1290. The number of fused-ring (bicyclic) bond motifs is 4. The summed E-state index contributed by atoms with van der Waals surface area (Å²) in [6, 6.07) is 13.9. The number of para-hydroxylation sites is 1. The van der Waals surface area contributed by atoms with Gasteiger partial charge in [0, 0.05) is 23.7 Å². The van der Waals surface area contributed by atoms with Gasteiger partial charge >= 0.3 is 0 Å². The van der Waals surface area contributed by atoms with Crippen LogP contribution in [0.4, 0.5) is 5.69 Å². The molecule has 1 amide bonds. The van der Waals surface area contributed by atoms with E-state index in [9.17, 15) is 9.59 Å². The average Bonchev–Trinajstić information content (AvgIpc) is 3.30. The lowest BCUT2D eigenvalue weighted by molar-refractivity contribution is -0.114. The first-order chi connectivity index (χ1) is 14.6. The minimum atomic E-state index is -0.0960. The van der Waals surface area contributed by atoms with Gasteiger partial charge < -0.3 is 5.32 Å². The first-order valence-corrected chi connectivity index (χ1v) is 11.9. The minimum absolute atomic E-state index is 0.0960. The molecule has 1 aliphatic rings. The molecule has 7 heteroatoms. The number of hydrogen-bond acceptors (Lipinski definition) is 5. The van der Waals surface area contributed by atoms with Gasteiger partial charge in [0.2, 0.25) is 11.8 Å². The zero-order valence-corrected chi connectivity index (χ0v) is 18.2. The molecule has 0 bridgehead atoms. The van der Waals surface area contributed by atoms with Gasteiger partial charge in [0.25, 0.3) is 0 Å². The third kappa shape index (κ3) is 3.52. The molecule has 0 spiro atoms. The highest BCUT2D eigenvalue weighted by Gasteiger charge is 2.23. The highest BCUT2D eigenvalue weighted by molar-refractivity contribution is 8.01. The highest BCUT2D eigenvalue weighted by atomic mass is 32.2. The Morgan fingerprint density at radius 2 is 2.00 bits per heavy atom. The summed E-state index contributed by atoms with van der Waals surface area (Å²) in [4.78, 5) is 29.1. The molecule has 0 saturated carbocycles. The molecule has 4 aromatic rings. The van der Waals surface area contributed by atoms with Gasteiger partial charge in [-0.2, -0.15) is 0 Å². The first kappa shape index (κ1) is 19.3. The number of nitrogens with zero attached hydrogens (tertiary/aromatic N) is 2. The van der Waals surface area contributed by atoms with Crippen molar-refractivity contribution in [1.29, 1.82) is 0 Å². The molecule has 152 valence electrons. The second-order valence-electron chi connectivity index (χ2n) is 7.51. The van der Waals surface area contributed by atoms with E-state index >= 15 is 0 Å². The molecular formula is C23H21N3O2S2. The number of rotatable bonds is 4. The fourth-order valence-electron chi connectivity index (χ4n) is 4.21. The number of benzene rings is 2. The number of nitrogens with one attached hydrogen (secondary N) is 1. The number of thioether (sulfide) groups is 1. The Balaban J connectivity index is 1.40. The fraction of sp³-hybridized carbons (Fsp3) is 0.261. The van der Waals surface area contributed by atoms with E-state index in [1.54, 1.807) is 11.3 Å². The van der Waals surface area contributed by atoms with Crippen molar-refractivity contribution in [1.82, 2.24) is 9.55 Å². The number of carbonyl (C=O) groups is 2. The molecule has 2 heterocycles. The van der Waals surface area contributed by atoms with Gasteiger partial charge in [-0.25, -0.2) is 4.98 Å². The number of aryl methyl sites for hydroxylation is 1. The summed E-state index contributed by atoms with van der Waals surface area (Å²) in [6.07, 6.45) is 4.35. The van der Waals surface area contributed by atoms with Gasteiger partial charge in [-0.05, 0) is 55.5 Å². The summed E-state index contributed by atoms with van der Waals surface area (Å²) in [7, 11) is 0. The maximum Gasteiger partial charge on any atom is 0.241 e. The molecule has 0 atom stereocenters. The topological polar surface area (TPSA) is 64.0 Å². The van der Waals surface area contributed by atoms with Crippen molar-refractivity contribution in [3.05, 3.63) is 53.7 Å². The maximum absolute atomic E-state index is 13.2.